The van der Waals surface area contributed by atoms with Crippen molar-refractivity contribution in [3.8, 4) is 5.69 Å². The fraction of sp³-hybridized carbons (Fsp3) is 0.389. The zero-order valence-corrected chi connectivity index (χ0v) is 17.8. The van der Waals surface area contributed by atoms with Gasteiger partial charge in [0.15, 0.2) is 5.96 Å². The van der Waals surface area contributed by atoms with Crippen LogP contribution in [0.15, 0.2) is 47.7 Å². The minimum Gasteiger partial charge on any atom is -0.357 e. The number of hydrogen-bond donors (Lipinski definition) is 2. The Kier molecular flexibility index (Phi) is 9.71. The van der Waals surface area contributed by atoms with Gasteiger partial charge in [0.25, 0.3) is 0 Å². The molecule has 0 bridgehead atoms. The zero-order chi connectivity index (χ0) is 18.1. The van der Waals surface area contributed by atoms with Crippen molar-refractivity contribution in [2.45, 2.75) is 13.3 Å². The van der Waals surface area contributed by atoms with Crippen LogP contribution < -0.4 is 10.6 Å². The number of halogens is 1. The third-order valence-electron chi connectivity index (χ3n) is 3.63. The molecule has 2 rings (SSSR count). The first kappa shape index (κ1) is 21.9. The summed E-state index contributed by atoms with van der Waals surface area (Å²) in [4.78, 5) is 17.5. The molecule has 0 aliphatic carbocycles. The quantitative estimate of drug-likeness (QED) is 0.367. The van der Waals surface area contributed by atoms with Crippen molar-refractivity contribution in [1.82, 2.24) is 25.3 Å². The predicted molar refractivity (Wildman–Crippen MR) is 115 cm³/mol. The number of aliphatic imine (C=N–C) groups is 1. The van der Waals surface area contributed by atoms with Crippen LogP contribution in [0.5, 0.6) is 0 Å². The van der Waals surface area contributed by atoms with Crippen LogP contribution in [0.2, 0.25) is 0 Å². The van der Waals surface area contributed by atoms with E-state index in [1.54, 1.807) is 20.3 Å². The fourth-order valence-corrected chi connectivity index (χ4v) is 2.19. The molecule has 0 saturated heterocycles. The molecule has 2 aromatic rings. The summed E-state index contributed by atoms with van der Waals surface area (Å²) in [5.74, 6) is 0.636. The number of likely N-dealkylation sites (N-methyl/N-ethyl adjacent to an activating group) is 1. The number of hydrogen-bond acceptors (Lipinski definition) is 3. The van der Waals surface area contributed by atoms with Gasteiger partial charge in [-0.25, -0.2) is 9.67 Å². The Morgan fingerprint density at radius 2 is 1.96 bits per heavy atom. The standard InChI is InChI=1S/C18H26N6O.HI/c1-4-19-18(21-14-17(25)23(2)3)20-12-10-15-6-8-16(9-7-15)24-13-5-11-22-24;/h5-9,11,13H,4,10,12,14H2,1-3H3,(H2,19,20,21);1H. The van der Waals surface area contributed by atoms with Crippen molar-refractivity contribution in [2.75, 3.05) is 33.7 Å². The summed E-state index contributed by atoms with van der Waals surface area (Å²) in [6.45, 7) is 3.63. The maximum atomic E-state index is 11.6. The van der Waals surface area contributed by atoms with E-state index >= 15 is 0 Å². The van der Waals surface area contributed by atoms with E-state index in [0.29, 0.717) is 5.96 Å². The summed E-state index contributed by atoms with van der Waals surface area (Å²) in [6, 6.07) is 10.2. The first-order valence-corrected chi connectivity index (χ1v) is 8.41. The molecular weight excluding hydrogens is 443 g/mol. The van der Waals surface area contributed by atoms with Gasteiger partial charge in [-0.3, -0.25) is 4.79 Å². The third-order valence-corrected chi connectivity index (χ3v) is 3.63. The average molecular weight is 470 g/mol. The van der Waals surface area contributed by atoms with Gasteiger partial charge in [0, 0.05) is 39.6 Å². The van der Waals surface area contributed by atoms with Crippen molar-refractivity contribution < 1.29 is 4.79 Å². The van der Waals surface area contributed by atoms with Crippen LogP contribution in [0.3, 0.4) is 0 Å². The van der Waals surface area contributed by atoms with Crippen LogP contribution in [0.25, 0.3) is 5.69 Å². The van der Waals surface area contributed by atoms with E-state index in [1.165, 1.54) is 10.5 Å². The first-order valence-electron chi connectivity index (χ1n) is 8.41. The van der Waals surface area contributed by atoms with Crippen molar-refractivity contribution in [3.05, 3.63) is 48.3 Å². The highest BCUT2D eigenvalue weighted by Crippen LogP contribution is 2.08. The molecule has 1 heterocycles. The van der Waals surface area contributed by atoms with Crippen LogP contribution in [0, 0.1) is 0 Å². The molecule has 2 N–H and O–H groups in total. The first-order chi connectivity index (χ1) is 12.1. The second kappa shape index (κ2) is 11.5. The van der Waals surface area contributed by atoms with E-state index in [4.69, 9.17) is 0 Å². The summed E-state index contributed by atoms with van der Waals surface area (Å²) in [7, 11) is 3.45. The van der Waals surface area contributed by atoms with E-state index < -0.39 is 0 Å². The van der Waals surface area contributed by atoms with Gasteiger partial charge < -0.3 is 15.5 Å². The monoisotopic (exact) mass is 470 g/mol. The number of benzene rings is 1. The number of rotatable bonds is 7. The fourth-order valence-electron chi connectivity index (χ4n) is 2.19. The molecule has 1 aromatic heterocycles. The van der Waals surface area contributed by atoms with Gasteiger partial charge in [-0.2, -0.15) is 5.10 Å². The average Bonchev–Trinajstić information content (AvgIpc) is 3.14. The number of nitrogens with zero attached hydrogens (tertiary/aromatic N) is 4. The van der Waals surface area contributed by atoms with Crippen LogP contribution in [0.1, 0.15) is 12.5 Å². The van der Waals surface area contributed by atoms with Gasteiger partial charge in [0.1, 0.15) is 6.54 Å². The van der Waals surface area contributed by atoms with Gasteiger partial charge in [-0.1, -0.05) is 12.1 Å². The van der Waals surface area contributed by atoms with Crippen LogP contribution >= 0.6 is 24.0 Å². The lowest BCUT2D eigenvalue weighted by atomic mass is 10.1. The van der Waals surface area contributed by atoms with Crippen LogP contribution in [0.4, 0.5) is 0 Å². The predicted octanol–water partition coefficient (Wildman–Crippen LogP) is 1.68. The molecule has 0 atom stereocenters. The molecule has 0 aliphatic heterocycles. The third kappa shape index (κ3) is 7.03. The number of carbonyl (C=O) groups excluding carboxylic acids is 1. The van der Waals surface area contributed by atoms with Gasteiger partial charge in [0.05, 0.1) is 5.69 Å². The van der Waals surface area contributed by atoms with Crippen molar-refractivity contribution in [1.29, 1.82) is 0 Å². The van der Waals surface area contributed by atoms with E-state index in [-0.39, 0.29) is 36.4 Å². The number of amides is 1. The zero-order valence-electron chi connectivity index (χ0n) is 15.5. The Labute approximate surface area is 171 Å². The number of carbonyl (C=O) groups is 1. The number of aromatic nitrogens is 2. The maximum Gasteiger partial charge on any atom is 0.243 e. The van der Waals surface area contributed by atoms with Crippen LogP contribution in [-0.4, -0.2) is 60.3 Å². The summed E-state index contributed by atoms with van der Waals surface area (Å²) >= 11 is 0. The Hall–Kier alpha value is -2.10. The van der Waals surface area contributed by atoms with E-state index in [1.807, 2.05) is 23.9 Å². The second-order valence-corrected chi connectivity index (χ2v) is 5.78. The summed E-state index contributed by atoms with van der Waals surface area (Å²) < 4.78 is 1.83. The Morgan fingerprint density at radius 3 is 2.54 bits per heavy atom. The minimum absolute atomic E-state index is 0. The highest BCUT2D eigenvalue weighted by atomic mass is 127. The molecule has 0 spiro atoms. The molecule has 0 unspecified atom stereocenters. The molecule has 0 radical (unpaired) electrons. The smallest absolute Gasteiger partial charge is 0.243 e. The number of guanidine groups is 1. The van der Waals surface area contributed by atoms with Crippen molar-refractivity contribution in [3.63, 3.8) is 0 Å². The Bertz CT molecular complexity index is 682. The van der Waals surface area contributed by atoms with Crippen molar-refractivity contribution in [2.24, 2.45) is 4.99 Å². The van der Waals surface area contributed by atoms with Crippen LogP contribution in [-0.2, 0) is 11.2 Å². The SMILES string of the molecule is CCNC(=NCC(=O)N(C)C)NCCc1ccc(-n2cccn2)cc1.I. The lowest BCUT2D eigenvalue weighted by Gasteiger charge is -2.13. The topological polar surface area (TPSA) is 74.6 Å². The molecule has 0 saturated carbocycles. The van der Waals surface area contributed by atoms with Crippen molar-refractivity contribution >= 4 is 35.8 Å². The van der Waals surface area contributed by atoms with E-state index in [9.17, 15) is 4.79 Å². The molecule has 26 heavy (non-hydrogen) atoms. The largest absolute Gasteiger partial charge is 0.357 e. The molecule has 0 aliphatic rings. The summed E-state index contributed by atoms with van der Waals surface area (Å²) in [6.07, 6.45) is 4.55. The minimum atomic E-state index is -0.0218. The maximum absolute atomic E-state index is 11.6. The molecule has 1 aromatic carbocycles. The Morgan fingerprint density at radius 1 is 1.23 bits per heavy atom. The van der Waals surface area contributed by atoms with E-state index in [0.717, 1.165) is 25.2 Å². The molecule has 0 fully saturated rings. The van der Waals surface area contributed by atoms with Gasteiger partial charge in [0.2, 0.25) is 5.91 Å². The number of nitrogens with one attached hydrogen (secondary N) is 2. The normalized spacial score (nSPS) is 10.8. The molecule has 1 amide bonds. The van der Waals surface area contributed by atoms with Gasteiger partial charge >= 0.3 is 0 Å². The van der Waals surface area contributed by atoms with Gasteiger partial charge in [-0.05, 0) is 37.1 Å². The molecular formula is C18H27IN6O. The summed E-state index contributed by atoms with van der Waals surface area (Å²) in [5.41, 5.74) is 2.27. The Balaban J connectivity index is 0.00000338. The molecule has 142 valence electrons. The van der Waals surface area contributed by atoms with Gasteiger partial charge in [-0.15, -0.1) is 24.0 Å². The highest BCUT2D eigenvalue weighted by Gasteiger charge is 2.04. The molecule has 8 heteroatoms. The highest BCUT2D eigenvalue weighted by molar-refractivity contribution is 14.0. The lowest BCUT2D eigenvalue weighted by Crippen LogP contribution is -2.39. The second-order valence-electron chi connectivity index (χ2n) is 5.78. The molecule has 7 nitrogen and oxygen atoms in total. The van der Waals surface area contributed by atoms with E-state index in [2.05, 4.69) is 45.0 Å². The summed E-state index contributed by atoms with van der Waals surface area (Å²) in [5, 5.41) is 10.6. The lowest BCUT2D eigenvalue weighted by molar-refractivity contribution is -0.127.